The Labute approximate surface area is 176 Å². The summed E-state index contributed by atoms with van der Waals surface area (Å²) in [4.78, 5) is 6.78. The van der Waals surface area contributed by atoms with E-state index in [0.717, 1.165) is 19.1 Å². The molecule has 1 atom stereocenters. The average Bonchev–Trinajstić information content (AvgIpc) is 3.14. The molecule has 2 rings (SSSR count). The van der Waals surface area contributed by atoms with Crippen LogP contribution in [0.2, 0.25) is 0 Å². The zero-order valence-electron chi connectivity index (χ0n) is 16.6. The van der Waals surface area contributed by atoms with Gasteiger partial charge in [0.2, 0.25) is 0 Å². The molecule has 26 heavy (non-hydrogen) atoms. The van der Waals surface area contributed by atoms with Crippen LogP contribution in [-0.4, -0.2) is 45.9 Å². The Hall–Kier alpha value is -1.02. The maximum absolute atomic E-state index is 5.60. The zero-order chi connectivity index (χ0) is 18.1. The van der Waals surface area contributed by atoms with Gasteiger partial charge in [0, 0.05) is 39.0 Å². The summed E-state index contributed by atoms with van der Waals surface area (Å²) < 4.78 is 5.60. The van der Waals surface area contributed by atoms with Gasteiger partial charge < -0.3 is 20.3 Å². The monoisotopic (exact) mass is 474 g/mol. The first kappa shape index (κ1) is 23.0. The van der Waals surface area contributed by atoms with Crippen molar-refractivity contribution >= 4 is 35.6 Å². The third kappa shape index (κ3) is 7.70. The topological polar surface area (TPSA) is 48.9 Å². The SMILES string of the molecule is CN=C(NCCOCC(C)C)NC(C)c1cccc(N2CCCC2)c1.I. The van der Waals surface area contributed by atoms with E-state index in [1.165, 1.54) is 37.2 Å². The van der Waals surface area contributed by atoms with E-state index in [2.05, 4.69) is 65.6 Å². The number of nitrogens with one attached hydrogen (secondary N) is 2. The van der Waals surface area contributed by atoms with Crippen molar-refractivity contribution in [2.75, 3.05) is 44.8 Å². The Morgan fingerprint density at radius 3 is 2.62 bits per heavy atom. The fourth-order valence-corrected chi connectivity index (χ4v) is 3.01. The fraction of sp³-hybridized carbons (Fsp3) is 0.650. The molecule has 5 nitrogen and oxygen atoms in total. The second-order valence-electron chi connectivity index (χ2n) is 7.12. The Bertz CT molecular complexity index is 544. The van der Waals surface area contributed by atoms with Gasteiger partial charge >= 0.3 is 0 Å². The van der Waals surface area contributed by atoms with Crippen LogP contribution >= 0.6 is 24.0 Å². The highest BCUT2D eigenvalue weighted by molar-refractivity contribution is 14.0. The van der Waals surface area contributed by atoms with Gasteiger partial charge in [-0.2, -0.15) is 0 Å². The van der Waals surface area contributed by atoms with Crippen molar-refractivity contribution in [3.05, 3.63) is 29.8 Å². The van der Waals surface area contributed by atoms with E-state index in [1.54, 1.807) is 7.05 Å². The molecule has 0 aliphatic carbocycles. The van der Waals surface area contributed by atoms with Crippen LogP contribution in [0.3, 0.4) is 0 Å². The van der Waals surface area contributed by atoms with Crippen LogP contribution in [0.1, 0.15) is 45.2 Å². The first-order valence-electron chi connectivity index (χ1n) is 9.50. The summed E-state index contributed by atoms with van der Waals surface area (Å²) in [5, 5.41) is 6.78. The molecule has 0 saturated carbocycles. The number of guanidine groups is 1. The zero-order valence-corrected chi connectivity index (χ0v) is 19.0. The fourth-order valence-electron chi connectivity index (χ4n) is 3.01. The molecule has 1 fully saturated rings. The van der Waals surface area contributed by atoms with Crippen LogP contribution in [-0.2, 0) is 4.74 Å². The molecule has 1 unspecified atom stereocenters. The van der Waals surface area contributed by atoms with Crippen LogP contribution in [0.4, 0.5) is 5.69 Å². The highest BCUT2D eigenvalue weighted by Gasteiger charge is 2.14. The summed E-state index contributed by atoms with van der Waals surface area (Å²) in [5.74, 6) is 1.38. The molecule has 1 heterocycles. The average molecular weight is 474 g/mol. The molecule has 1 aliphatic rings. The highest BCUT2D eigenvalue weighted by atomic mass is 127. The molecular weight excluding hydrogens is 439 g/mol. The summed E-state index contributed by atoms with van der Waals surface area (Å²) in [6.45, 7) is 11.1. The van der Waals surface area contributed by atoms with Gasteiger partial charge in [-0.3, -0.25) is 4.99 Å². The molecule has 1 aromatic carbocycles. The van der Waals surface area contributed by atoms with Gasteiger partial charge in [0.05, 0.1) is 12.6 Å². The van der Waals surface area contributed by atoms with Gasteiger partial charge in [0.15, 0.2) is 5.96 Å². The first-order valence-corrected chi connectivity index (χ1v) is 9.50. The van der Waals surface area contributed by atoms with Crippen molar-refractivity contribution in [1.29, 1.82) is 0 Å². The number of ether oxygens (including phenoxy) is 1. The minimum Gasteiger partial charge on any atom is -0.379 e. The van der Waals surface area contributed by atoms with Crippen LogP contribution in [0.25, 0.3) is 0 Å². The molecule has 0 amide bonds. The van der Waals surface area contributed by atoms with E-state index in [4.69, 9.17) is 4.74 Å². The minimum atomic E-state index is 0. The predicted molar refractivity (Wildman–Crippen MR) is 122 cm³/mol. The molecule has 6 heteroatoms. The normalized spacial score (nSPS) is 15.7. The molecule has 1 saturated heterocycles. The quantitative estimate of drug-likeness (QED) is 0.261. The lowest BCUT2D eigenvalue weighted by Crippen LogP contribution is -2.40. The molecule has 1 aliphatic heterocycles. The Balaban J connectivity index is 0.00000338. The van der Waals surface area contributed by atoms with Gasteiger partial charge in [-0.25, -0.2) is 0 Å². The second-order valence-corrected chi connectivity index (χ2v) is 7.12. The number of anilines is 1. The number of rotatable bonds is 8. The van der Waals surface area contributed by atoms with Gasteiger partial charge in [0.1, 0.15) is 0 Å². The molecule has 148 valence electrons. The van der Waals surface area contributed by atoms with E-state index < -0.39 is 0 Å². The first-order chi connectivity index (χ1) is 12.1. The lowest BCUT2D eigenvalue weighted by atomic mass is 10.1. The molecule has 0 radical (unpaired) electrons. The van der Waals surface area contributed by atoms with Gasteiger partial charge in [-0.05, 0) is 43.4 Å². The van der Waals surface area contributed by atoms with Crippen LogP contribution < -0.4 is 15.5 Å². The number of hydrogen-bond acceptors (Lipinski definition) is 3. The lowest BCUT2D eigenvalue weighted by molar-refractivity contribution is 0.114. The van der Waals surface area contributed by atoms with E-state index in [1.807, 2.05) is 0 Å². The minimum absolute atomic E-state index is 0. The summed E-state index contributed by atoms with van der Waals surface area (Å²) in [6, 6.07) is 9.03. The maximum atomic E-state index is 5.60. The van der Waals surface area contributed by atoms with Crippen molar-refractivity contribution in [2.24, 2.45) is 10.9 Å². The maximum Gasteiger partial charge on any atom is 0.191 e. The smallest absolute Gasteiger partial charge is 0.191 e. The summed E-state index contributed by atoms with van der Waals surface area (Å²) in [6.07, 6.45) is 2.60. The van der Waals surface area contributed by atoms with E-state index in [0.29, 0.717) is 12.5 Å². The van der Waals surface area contributed by atoms with Gasteiger partial charge in [0.25, 0.3) is 0 Å². The molecule has 2 N–H and O–H groups in total. The molecule has 1 aromatic rings. The molecule has 0 bridgehead atoms. The Morgan fingerprint density at radius 1 is 1.23 bits per heavy atom. The largest absolute Gasteiger partial charge is 0.379 e. The van der Waals surface area contributed by atoms with Gasteiger partial charge in [-0.1, -0.05) is 26.0 Å². The third-order valence-corrected chi connectivity index (χ3v) is 4.41. The van der Waals surface area contributed by atoms with Gasteiger partial charge in [-0.15, -0.1) is 24.0 Å². The molecular formula is C20H35IN4O. The van der Waals surface area contributed by atoms with Crippen LogP contribution in [0, 0.1) is 5.92 Å². The molecule has 0 spiro atoms. The molecule has 0 aromatic heterocycles. The van der Waals surface area contributed by atoms with E-state index >= 15 is 0 Å². The van der Waals surface area contributed by atoms with Crippen molar-refractivity contribution in [3.8, 4) is 0 Å². The van der Waals surface area contributed by atoms with Crippen molar-refractivity contribution in [2.45, 2.75) is 39.7 Å². The van der Waals surface area contributed by atoms with E-state index in [-0.39, 0.29) is 30.0 Å². The lowest BCUT2D eigenvalue weighted by Gasteiger charge is -2.22. The van der Waals surface area contributed by atoms with Crippen molar-refractivity contribution < 1.29 is 4.74 Å². The number of nitrogens with zero attached hydrogens (tertiary/aromatic N) is 2. The third-order valence-electron chi connectivity index (χ3n) is 4.41. The number of benzene rings is 1. The van der Waals surface area contributed by atoms with Crippen LogP contribution in [0.15, 0.2) is 29.3 Å². The summed E-state index contributed by atoms with van der Waals surface area (Å²) in [7, 11) is 1.80. The number of halogens is 1. The summed E-state index contributed by atoms with van der Waals surface area (Å²) in [5.41, 5.74) is 2.61. The van der Waals surface area contributed by atoms with Crippen molar-refractivity contribution in [1.82, 2.24) is 10.6 Å². The second kappa shape index (κ2) is 12.4. The Morgan fingerprint density at radius 2 is 1.96 bits per heavy atom. The predicted octanol–water partition coefficient (Wildman–Crippen LogP) is 3.80. The summed E-state index contributed by atoms with van der Waals surface area (Å²) >= 11 is 0. The number of hydrogen-bond donors (Lipinski definition) is 2. The highest BCUT2D eigenvalue weighted by Crippen LogP contribution is 2.23. The Kier molecular flexibility index (Phi) is 11.0. The standard InChI is InChI=1S/C20H34N4O.HI/c1-16(2)15-25-13-10-22-20(21-4)23-17(3)18-8-7-9-19(14-18)24-11-5-6-12-24;/h7-9,14,16-17H,5-6,10-13,15H2,1-4H3,(H2,21,22,23);1H. The van der Waals surface area contributed by atoms with Crippen LogP contribution in [0.5, 0.6) is 0 Å². The van der Waals surface area contributed by atoms with Crippen molar-refractivity contribution in [3.63, 3.8) is 0 Å². The number of aliphatic imine (C=N–C) groups is 1. The van der Waals surface area contributed by atoms with E-state index in [9.17, 15) is 0 Å².